The van der Waals surface area contributed by atoms with Gasteiger partial charge in [-0.15, -0.1) is 0 Å². The van der Waals surface area contributed by atoms with Crippen LogP contribution in [0.1, 0.15) is 0 Å². The van der Waals surface area contributed by atoms with Crippen molar-refractivity contribution in [3.8, 4) is 0 Å². The molecule has 0 radical (unpaired) electrons. The third-order valence-electron chi connectivity index (χ3n) is 5.68. The summed E-state index contributed by atoms with van der Waals surface area (Å²) in [6, 6.07) is 0. The van der Waals surface area contributed by atoms with Crippen LogP contribution in [-0.2, 0) is 37.9 Å². The Morgan fingerprint density at radius 3 is 0.875 bits per heavy atom. The molecule has 0 aromatic rings. The van der Waals surface area contributed by atoms with E-state index in [1.165, 1.54) is 0 Å². The molecular formula is C20H32O8S4. The molecule has 0 aliphatic carbocycles. The molecule has 8 atom stereocenters. The molecule has 12 heterocycles. The minimum Gasteiger partial charge on any atom is -0.349 e. The summed E-state index contributed by atoms with van der Waals surface area (Å²) in [5.74, 6) is 7.37. The topological polar surface area (TPSA) is 73.8 Å². The molecule has 0 saturated carbocycles. The lowest BCUT2D eigenvalue weighted by atomic mass is 10.2. The Labute approximate surface area is 206 Å². The highest BCUT2D eigenvalue weighted by Crippen LogP contribution is 2.28. The number of rotatable bonds is 0. The molecule has 184 valence electrons. The fraction of sp³-hybridized carbons (Fsp3) is 1.00. The normalized spacial score (nSPS) is 45.0. The van der Waals surface area contributed by atoms with E-state index in [9.17, 15) is 0 Å². The maximum absolute atomic E-state index is 6.07. The van der Waals surface area contributed by atoms with Crippen LogP contribution in [0.25, 0.3) is 0 Å². The smallest absolute Gasteiger partial charge is 0.167 e. The Morgan fingerprint density at radius 2 is 0.625 bits per heavy atom. The van der Waals surface area contributed by atoms with Crippen LogP contribution in [0.2, 0.25) is 0 Å². The summed E-state index contributed by atoms with van der Waals surface area (Å²) in [7, 11) is 0. The molecule has 32 heavy (non-hydrogen) atoms. The largest absolute Gasteiger partial charge is 0.349 e. The molecule has 12 aliphatic rings. The van der Waals surface area contributed by atoms with Crippen LogP contribution >= 0.6 is 47.0 Å². The third kappa shape index (κ3) is 7.07. The van der Waals surface area contributed by atoms with Gasteiger partial charge in [-0.25, -0.2) is 0 Å². The molecule has 0 spiro atoms. The van der Waals surface area contributed by atoms with Gasteiger partial charge in [-0.05, 0) is 0 Å². The molecule has 0 amide bonds. The van der Waals surface area contributed by atoms with Crippen LogP contribution in [0.5, 0.6) is 0 Å². The molecule has 8 bridgehead atoms. The maximum atomic E-state index is 6.07. The first-order valence-corrected chi connectivity index (χ1v) is 15.8. The zero-order valence-corrected chi connectivity index (χ0v) is 21.3. The standard InChI is InChI=1S/C20H32O8S4/c1-2-30-10-18-22-7-16-15(26-18)8-24-20(28-16)12-32-4-3-31-11-19-23-6-13-14(27-19)5-21-17(25-13)9-29-1/h13-20H,1-12H2. The monoisotopic (exact) mass is 528 g/mol. The van der Waals surface area contributed by atoms with Gasteiger partial charge in [0.05, 0.1) is 26.4 Å². The first kappa shape index (κ1) is 24.8. The highest BCUT2D eigenvalue weighted by Gasteiger charge is 2.40. The first-order chi connectivity index (χ1) is 15.8. The van der Waals surface area contributed by atoms with Gasteiger partial charge >= 0.3 is 0 Å². The van der Waals surface area contributed by atoms with Crippen molar-refractivity contribution in [1.29, 1.82) is 0 Å². The minimum absolute atomic E-state index is 0.0362. The van der Waals surface area contributed by atoms with Crippen LogP contribution in [0, 0.1) is 0 Å². The van der Waals surface area contributed by atoms with E-state index in [0.717, 1.165) is 46.0 Å². The van der Waals surface area contributed by atoms with Crippen LogP contribution in [-0.4, -0.2) is 122 Å². The second-order valence-corrected chi connectivity index (χ2v) is 12.6. The highest BCUT2D eigenvalue weighted by atomic mass is 32.2. The molecule has 12 rings (SSSR count). The summed E-state index contributed by atoms with van der Waals surface area (Å²) >= 11 is 7.38. The van der Waals surface area contributed by atoms with E-state index in [0.29, 0.717) is 26.4 Å². The lowest BCUT2D eigenvalue weighted by Crippen LogP contribution is -2.54. The molecule has 12 saturated heterocycles. The van der Waals surface area contributed by atoms with Gasteiger partial charge in [0.1, 0.15) is 24.4 Å². The van der Waals surface area contributed by atoms with Crippen molar-refractivity contribution in [1.82, 2.24) is 0 Å². The molecule has 8 unspecified atom stereocenters. The van der Waals surface area contributed by atoms with E-state index >= 15 is 0 Å². The Hall–Kier alpha value is 1.08. The van der Waals surface area contributed by atoms with Crippen molar-refractivity contribution < 1.29 is 37.9 Å². The van der Waals surface area contributed by atoms with E-state index in [-0.39, 0.29) is 49.6 Å². The molecule has 8 nitrogen and oxygen atoms in total. The predicted molar refractivity (Wildman–Crippen MR) is 128 cm³/mol. The van der Waals surface area contributed by atoms with Crippen LogP contribution in [0.3, 0.4) is 0 Å². The van der Waals surface area contributed by atoms with Gasteiger partial charge in [0.15, 0.2) is 25.2 Å². The second-order valence-electron chi connectivity index (χ2n) is 8.05. The number of hydrogen-bond donors (Lipinski definition) is 0. The van der Waals surface area contributed by atoms with Crippen molar-refractivity contribution in [2.75, 3.05) is 72.5 Å². The molecule has 12 heteroatoms. The number of thioether (sulfide) groups is 4. The second kappa shape index (κ2) is 12.9. The number of ether oxygens (including phenoxy) is 8. The zero-order valence-electron chi connectivity index (χ0n) is 18.0. The predicted octanol–water partition coefficient (Wildman–Crippen LogP) is 1.90. The molecule has 12 fully saturated rings. The van der Waals surface area contributed by atoms with Gasteiger partial charge in [-0.2, -0.15) is 47.0 Å². The van der Waals surface area contributed by atoms with E-state index in [2.05, 4.69) is 0 Å². The Bertz CT molecular complexity index is 482. The molecule has 0 aromatic carbocycles. The summed E-state index contributed by atoms with van der Waals surface area (Å²) in [4.78, 5) is 0. The lowest BCUT2D eigenvalue weighted by molar-refractivity contribution is -0.326. The van der Waals surface area contributed by atoms with Crippen molar-refractivity contribution in [3.63, 3.8) is 0 Å². The average Bonchev–Trinajstić information content (AvgIpc) is 2.82. The Morgan fingerprint density at radius 1 is 0.375 bits per heavy atom. The van der Waals surface area contributed by atoms with Crippen molar-refractivity contribution in [2.24, 2.45) is 0 Å². The van der Waals surface area contributed by atoms with E-state index in [1.54, 1.807) is 0 Å². The van der Waals surface area contributed by atoms with Gasteiger partial charge in [0.2, 0.25) is 0 Å². The van der Waals surface area contributed by atoms with E-state index in [4.69, 9.17) is 37.9 Å². The van der Waals surface area contributed by atoms with Gasteiger partial charge in [-0.1, -0.05) is 0 Å². The van der Waals surface area contributed by atoms with Crippen LogP contribution < -0.4 is 0 Å². The van der Waals surface area contributed by atoms with Gasteiger partial charge in [0, 0.05) is 46.0 Å². The van der Waals surface area contributed by atoms with Crippen molar-refractivity contribution in [2.45, 2.75) is 49.6 Å². The first-order valence-electron chi connectivity index (χ1n) is 11.2. The molecule has 12 aliphatic heterocycles. The lowest BCUT2D eigenvalue weighted by Gasteiger charge is -2.42. The maximum Gasteiger partial charge on any atom is 0.167 e. The quantitative estimate of drug-likeness (QED) is 0.461. The van der Waals surface area contributed by atoms with Gasteiger partial charge < -0.3 is 37.9 Å². The van der Waals surface area contributed by atoms with Crippen LogP contribution in [0.4, 0.5) is 0 Å². The average molecular weight is 529 g/mol. The summed E-state index contributed by atoms with van der Waals surface area (Å²) in [5, 5.41) is 0. The SMILES string of the molecule is C1CSCC2OCC3OC(CSCCSCC4OCC5OC(CS1)OCC5O4)OCC3O2. The third-order valence-corrected chi connectivity index (χ3v) is 10.2. The molecular weight excluding hydrogens is 496 g/mol. The summed E-state index contributed by atoms with van der Waals surface area (Å²) < 4.78 is 47.9. The molecule has 0 N–H and O–H groups in total. The van der Waals surface area contributed by atoms with Crippen LogP contribution in [0.15, 0.2) is 0 Å². The van der Waals surface area contributed by atoms with E-state index < -0.39 is 0 Å². The fourth-order valence-corrected chi connectivity index (χ4v) is 8.01. The number of hydrogen-bond acceptors (Lipinski definition) is 12. The summed E-state index contributed by atoms with van der Waals surface area (Å²) in [6.45, 7) is 2.30. The summed E-state index contributed by atoms with van der Waals surface area (Å²) in [6.07, 6.45) is -0.908. The fourth-order valence-electron chi connectivity index (χ4n) is 3.99. The Kier molecular flexibility index (Phi) is 9.95. The van der Waals surface area contributed by atoms with Gasteiger partial charge in [0.25, 0.3) is 0 Å². The highest BCUT2D eigenvalue weighted by molar-refractivity contribution is 8.03. The Balaban J connectivity index is 1.11. The zero-order chi connectivity index (χ0) is 21.6. The summed E-state index contributed by atoms with van der Waals surface area (Å²) in [5.41, 5.74) is 0. The minimum atomic E-state index is -0.191. The van der Waals surface area contributed by atoms with E-state index in [1.807, 2.05) is 47.0 Å². The van der Waals surface area contributed by atoms with Crippen molar-refractivity contribution in [3.05, 3.63) is 0 Å². The molecule has 0 aromatic heterocycles. The van der Waals surface area contributed by atoms with Crippen molar-refractivity contribution >= 4 is 47.0 Å². The van der Waals surface area contributed by atoms with Gasteiger partial charge in [-0.3, -0.25) is 0 Å².